The average Bonchev–Trinajstić information content (AvgIpc) is 2.70. The Kier molecular flexibility index (Phi) is 2.59. The van der Waals surface area contributed by atoms with E-state index in [1.165, 1.54) is 4.60 Å². The van der Waals surface area contributed by atoms with Gasteiger partial charge < -0.3 is 0 Å². The van der Waals surface area contributed by atoms with Gasteiger partial charge in [0, 0.05) is 0 Å². The molecule has 86 valence electrons. The molecule has 1 atom stereocenters. The van der Waals surface area contributed by atoms with E-state index >= 15 is 0 Å². The van der Waals surface area contributed by atoms with E-state index in [0.29, 0.717) is 0 Å². The summed E-state index contributed by atoms with van der Waals surface area (Å²) < 4.78 is 2.07. The van der Waals surface area contributed by atoms with Gasteiger partial charge >= 0.3 is 106 Å². The molecule has 0 aliphatic carbocycles. The Balaban J connectivity index is 1.93. The zero-order valence-corrected chi connectivity index (χ0v) is 11.1. The van der Waals surface area contributed by atoms with Crippen LogP contribution < -0.4 is 3.92 Å². The molecule has 1 unspecified atom stereocenters. The van der Waals surface area contributed by atoms with Crippen LogP contribution in [0.1, 0.15) is 6.42 Å². The number of allylic oxidation sites excluding steroid dienone is 1. The fourth-order valence-electron chi connectivity index (χ4n) is 1.97. The van der Waals surface area contributed by atoms with E-state index in [9.17, 15) is 4.79 Å². The molecule has 0 fully saturated rings. The Hall–Kier alpha value is -1.42. The minimum atomic E-state index is 0.0836. The second-order valence-corrected chi connectivity index (χ2v) is 6.05. The van der Waals surface area contributed by atoms with Gasteiger partial charge in [0.2, 0.25) is 0 Å². The molecule has 1 amide bonds. The van der Waals surface area contributed by atoms with Crippen LogP contribution in [0.5, 0.6) is 0 Å². The molecule has 0 aromatic carbocycles. The van der Waals surface area contributed by atoms with Gasteiger partial charge in [-0.05, 0) is 0 Å². The van der Waals surface area contributed by atoms with E-state index in [-0.39, 0.29) is 21.1 Å². The first-order valence-electron chi connectivity index (χ1n) is 5.41. The van der Waals surface area contributed by atoms with E-state index in [0.717, 1.165) is 21.7 Å². The first-order valence-corrected chi connectivity index (χ1v) is 7.12. The summed E-state index contributed by atoms with van der Waals surface area (Å²) in [4.78, 5) is 18.7. The predicted octanol–water partition coefficient (Wildman–Crippen LogP) is -0.182. The molecule has 4 nitrogen and oxygen atoms in total. The number of hydrogen-bond acceptors (Lipinski definition) is 3. The molecule has 0 radical (unpaired) electrons. The zero-order valence-electron chi connectivity index (χ0n) is 9.38. The van der Waals surface area contributed by atoms with Crippen molar-refractivity contribution in [1.29, 1.82) is 0 Å². The van der Waals surface area contributed by atoms with Crippen LogP contribution in [-0.4, -0.2) is 38.0 Å². The Morgan fingerprint density at radius 1 is 1.47 bits per heavy atom. The molecule has 0 spiro atoms. The SMILES string of the molecule is CN1C=CCC2=C1[Se][NH+](c1ccccn1)C2=O. The second kappa shape index (κ2) is 4.11. The van der Waals surface area contributed by atoms with Gasteiger partial charge in [-0.3, -0.25) is 0 Å². The molecule has 0 bridgehead atoms. The Labute approximate surface area is 106 Å². The van der Waals surface area contributed by atoms with Crippen molar-refractivity contribution in [1.82, 2.24) is 9.88 Å². The number of quaternary nitrogens is 1. The van der Waals surface area contributed by atoms with E-state index < -0.39 is 0 Å². The fraction of sp³-hybridized carbons (Fsp3) is 0.167. The van der Waals surface area contributed by atoms with Gasteiger partial charge in [0.25, 0.3) is 0 Å². The zero-order chi connectivity index (χ0) is 11.8. The third-order valence-electron chi connectivity index (χ3n) is 2.81. The third kappa shape index (κ3) is 1.72. The van der Waals surface area contributed by atoms with E-state index in [1.54, 1.807) is 6.20 Å². The average molecular weight is 293 g/mol. The number of nitrogens with zero attached hydrogens (tertiary/aromatic N) is 2. The number of hydrogen-bond donors (Lipinski definition) is 1. The van der Waals surface area contributed by atoms with Gasteiger partial charge in [-0.25, -0.2) is 0 Å². The molecule has 3 heterocycles. The van der Waals surface area contributed by atoms with Crippen molar-refractivity contribution < 1.29 is 8.71 Å². The van der Waals surface area contributed by atoms with E-state index in [4.69, 9.17) is 0 Å². The van der Waals surface area contributed by atoms with Gasteiger partial charge in [0.15, 0.2) is 0 Å². The van der Waals surface area contributed by atoms with Gasteiger partial charge in [-0.2, -0.15) is 0 Å². The number of nitrogens with one attached hydrogen (secondary N) is 1. The van der Waals surface area contributed by atoms with Crippen molar-refractivity contribution in [2.45, 2.75) is 6.42 Å². The van der Waals surface area contributed by atoms with Crippen molar-refractivity contribution in [3.63, 3.8) is 0 Å². The first kappa shape index (κ1) is 10.7. The van der Waals surface area contributed by atoms with Gasteiger partial charge in [0.05, 0.1) is 0 Å². The predicted molar refractivity (Wildman–Crippen MR) is 64.2 cm³/mol. The van der Waals surface area contributed by atoms with Crippen molar-refractivity contribution >= 4 is 26.9 Å². The molecule has 17 heavy (non-hydrogen) atoms. The molecule has 2 aliphatic heterocycles. The normalized spacial score (nSPS) is 23.2. The standard InChI is InChI=1S/C12H11N3OSe/c1-14-8-4-5-9-11(16)15(17-12(9)14)10-6-2-3-7-13-10/h2-4,6-8H,5H2,1H3/p+1. The van der Waals surface area contributed by atoms with Gasteiger partial charge in [-0.1, -0.05) is 0 Å². The maximum atomic E-state index is 12.3. The third-order valence-corrected chi connectivity index (χ3v) is 5.59. The van der Waals surface area contributed by atoms with Crippen molar-refractivity contribution in [2.24, 2.45) is 0 Å². The molecule has 1 aromatic rings. The van der Waals surface area contributed by atoms with E-state index in [2.05, 4.69) is 9.88 Å². The minimum absolute atomic E-state index is 0.0836. The molecule has 1 aromatic heterocycles. The van der Waals surface area contributed by atoms with Crippen LogP contribution in [0.15, 0.2) is 46.8 Å². The Morgan fingerprint density at radius 2 is 2.35 bits per heavy atom. The van der Waals surface area contributed by atoms with Crippen LogP contribution >= 0.6 is 0 Å². The van der Waals surface area contributed by atoms with Crippen LogP contribution in [-0.2, 0) is 4.79 Å². The van der Waals surface area contributed by atoms with Gasteiger partial charge in [-0.15, -0.1) is 0 Å². The van der Waals surface area contributed by atoms with Crippen LogP contribution in [0, 0.1) is 0 Å². The summed E-state index contributed by atoms with van der Waals surface area (Å²) in [7, 11) is 2.00. The number of carbonyl (C=O) groups is 1. The van der Waals surface area contributed by atoms with Crippen LogP contribution in [0.3, 0.4) is 0 Å². The number of aromatic nitrogens is 1. The number of carbonyl (C=O) groups excluding carboxylic acids is 1. The summed E-state index contributed by atoms with van der Waals surface area (Å²) in [5.74, 6) is 1.02. The fourth-order valence-corrected chi connectivity index (χ4v) is 4.35. The number of pyridine rings is 1. The Bertz CT molecular complexity index is 524. The first-order chi connectivity index (χ1) is 8.27. The van der Waals surface area contributed by atoms with E-state index in [1.807, 2.05) is 37.5 Å². The number of amides is 1. The molecule has 2 aliphatic rings. The van der Waals surface area contributed by atoms with Crippen molar-refractivity contribution in [3.05, 3.63) is 46.8 Å². The summed E-state index contributed by atoms with van der Waals surface area (Å²) in [6.07, 6.45) is 6.57. The van der Waals surface area contributed by atoms with Crippen molar-refractivity contribution in [3.8, 4) is 0 Å². The van der Waals surface area contributed by atoms with Gasteiger partial charge in [0.1, 0.15) is 0 Å². The molecule has 0 saturated carbocycles. The quantitative estimate of drug-likeness (QED) is 0.730. The van der Waals surface area contributed by atoms with Crippen LogP contribution in [0.4, 0.5) is 5.82 Å². The summed E-state index contributed by atoms with van der Waals surface area (Å²) in [6.45, 7) is 0. The number of rotatable bonds is 1. The Morgan fingerprint density at radius 3 is 3.06 bits per heavy atom. The maximum absolute atomic E-state index is 12.3. The van der Waals surface area contributed by atoms with Crippen LogP contribution in [0.2, 0.25) is 0 Å². The summed E-state index contributed by atoms with van der Waals surface area (Å²) >= 11 is 0.0836. The monoisotopic (exact) mass is 294 g/mol. The molecule has 5 heteroatoms. The van der Waals surface area contributed by atoms with Crippen LogP contribution in [0.25, 0.3) is 0 Å². The van der Waals surface area contributed by atoms with Crippen molar-refractivity contribution in [2.75, 3.05) is 7.05 Å². The topological polar surface area (TPSA) is 37.6 Å². The summed E-state index contributed by atoms with van der Waals surface area (Å²) in [6, 6.07) is 5.72. The summed E-state index contributed by atoms with van der Waals surface area (Å²) in [5, 5.41) is 0. The molecular weight excluding hydrogens is 281 g/mol. The summed E-state index contributed by atoms with van der Waals surface area (Å²) in [5.41, 5.74) is 0.954. The molecular formula is C12H12N3OSe+. The molecule has 0 saturated heterocycles. The molecule has 1 N–H and O–H groups in total. The molecule has 3 rings (SSSR count). The second-order valence-electron chi connectivity index (χ2n) is 3.96.